The molecule has 0 radical (unpaired) electrons. The van der Waals surface area contributed by atoms with E-state index < -0.39 is 0 Å². The molecule has 1 N–H and O–H groups in total. The Morgan fingerprint density at radius 1 is 1.00 bits per heavy atom. The number of hydrogen-bond acceptors (Lipinski definition) is 3. The zero-order valence-corrected chi connectivity index (χ0v) is 12.0. The smallest absolute Gasteiger partial charge is 0.149 e. The Balaban J connectivity index is 1.92. The predicted octanol–water partition coefficient (Wildman–Crippen LogP) is 4.68. The summed E-state index contributed by atoms with van der Waals surface area (Å²) in [6.45, 7) is 3.20. The van der Waals surface area contributed by atoms with Crippen LogP contribution in [0.25, 0.3) is 0 Å². The van der Waals surface area contributed by atoms with E-state index in [4.69, 9.17) is 11.6 Å². The highest BCUT2D eigenvalue weighted by Crippen LogP contribution is 2.09. The Morgan fingerprint density at radius 2 is 1.67 bits per heavy atom. The molecule has 102 valence electrons. The van der Waals surface area contributed by atoms with Gasteiger partial charge in [-0.25, -0.2) is 4.98 Å². The van der Waals surface area contributed by atoms with E-state index >= 15 is 0 Å². The lowest BCUT2D eigenvalue weighted by molar-refractivity contribution is 0.581. The first-order valence-electron chi connectivity index (χ1n) is 7.04. The van der Waals surface area contributed by atoms with Gasteiger partial charge >= 0.3 is 0 Å². The van der Waals surface area contributed by atoms with Crippen LogP contribution in [-0.2, 0) is 0 Å². The van der Waals surface area contributed by atoms with Crippen LogP contribution in [0.1, 0.15) is 58.3 Å². The Labute approximate surface area is 115 Å². The third kappa shape index (κ3) is 7.49. The largest absolute Gasteiger partial charge is 0.369 e. The van der Waals surface area contributed by atoms with Gasteiger partial charge in [0.1, 0.15) is 11.0 Å². The summed E-state index contributed by atoms with van der Waals surface area (Å²) in [5.41, 5.74) is 0. The van der Waals surface area contributed by atoms with Gasteiger partial charge < -0.3 is 5.32 Å². The van der Waals surface area contributed by atoms with Gasteiger partial charge in [0.05, 0.1) is 12.4 Å². The van der Waals surface area contributed by atoms with Crippen LogP contribution >= 0.6 is 11.6 Å². The Hall–Kier alpha value is -0.830. The molecule has 0 atom stereocenters. The average Bonchev–Trinajstić information content (AvgIpc) is 2.37. The number of hydrogen-bond donors (Lipinski definition) is 1. The fourth-order valence-corrected chi connectivity index (χ4v) is 2.05. The fourth-order valence-electron chi connectivity index (χ4n) is 1.90. The van der Waals surface area contributed by atoms with Gasteiger partial charge in [-0.2, -0.15) is 0 Å². The lowest BCUT2D eigenvalue weighted by Crippen LogP contribution is -2.03. The lowest BCUT2D eigenvalue weighted by Gasteiger charge is -2.05. The highest BCUT2D eigenvalue weighted by Gasteiger charge is 1.95. The Bertz CT molecular complexity index is 318. The van der Waals surface area contributed by atoms with Crippen molar-refractivity contribution >= 4 is 17.4 Å². The highest BCUT2D eigenvalue weighted by atomic mass is 35.5. The normalized spacial score (nSPS) is 10.6. The molecule has 0 unspecified atom stereocenters. The molecule has 0 saturated carbocycles. The van der Waals surface area contributed by atoms with Gasteiger partial charge in [0, 0.05) is 6.54 Å². The molecule has 0 fully saturated rings. The van der Waals surface area contributed by atoms with Gasteiger partial charge in [0.15, 0.2) is 0 Å². The number of nitrogens with one attached hydrogen (secondary N) is 1. The second-order valence-electron chi connectivity index (χ2n) is 4.63. The van der Waals surface area contributed by atoms with Crippen LogP contribution in [0.4, 0.5) is 5.82 Å². The van der Waals surface area contributed by atoms with E-state index in [-0.39, 0.29) is 0 Å². The maximum atomic E-state index is 5.75. The molecule has 18 heavy (non-hydrogen) atoms. The van der Waals surface area contributed by atoms with Crippen LogP contribution < -0.4 is 5.32 Å². The van der Waals surface area contributed by atoms with Crippen molar-refractivity contribution in [3.63, 3.8) is 0 Å². The minimum Gasteiger partial charge on any atom is -0.369 e. The lowest BCUT2D eigenvalue weighted by atomic mass is 10.1. The molecular formula is C14H24ClN3. The molecule has 0 aliphatic heterocycles. The van der Waals surface area contributed by atoms with Gasteiger partial charge in [-0.05, 0) is 6.42 Å². The molecule has 0 saturated heterocycles. The Kier molecular flexibility index (Phi) is 8.57. The van der Waals surface area contributed by atoms with Gasteiger partial charge in [-0.15, -0.1) is 0 Å². The van der Waals surface area contributed by atoms with Gasteiger partial charge in [0.25, 0.3) is 0 Å². The molecule has 0 aliphatic rings. The number of rotatable bonds is 10. The summed E-state index contributed by atoms with van der Waals surface area (Å²) >= 11 is 5.75. The van der Waals surface area contributed by atoms with Gasteiger partial charge in [-0.3, -0.25) is 4.98 Å². The van der Waals surface area contributed by atoms with Crippen molar-refractivity contribution in [3.8, 4) is 0 Å². The molecule has 1 heterocycles. The first kappa shape index (κ1) is 15.2. The van der Waals surface area contributed by atoms with Gasteiger partial charge in [0.2, 0.25) is 0 Å². The third-order valence-corrected chi connectivity index (χ3v) is 3.12. The fraction of sp³-hybridized carbons (Fsp3) is 0.714. The molecule has 3 nitrogen and oxygen atoms in total. The predicted molar refractivity (Wildman–Crippen MR) is 78.1 cm³/mol. The average molecular weight is 270 g/mol. The maximum absolute atomic E-state index is 5.75. The SMILES string of the molecule is CCCCCCCCCCNc1cncc(Cl)n1. The van der Waals surface area contributed by atoms with Crippen molar-refractivity contribution in [2.75, 3.05) is 11.9 Å². The summed E-state index contributed by atoms with van der Waals surface area (Å²) in [6, 6.07) is 0. The van der Waals surface area contributed by atoms with Crippen molar-refractivity contribution in [2.24, 2.45) is 0 Å². The molecular weight excluding hydrogens is 246 g/mol. The van der Waals surface area contributed by atoms with E-state index in [0.717, 1.165) is 12.4 Å². The monoisotopic (exact) mass is 269 g/mol. The summed E-state index contributed by atoms with van der Waals surface area (Å²) in [6.07, 6.45) is 13.9. The van der Waals surface area contributed by atoms with E-state index in [0.29, 0.717) is 5.15 Å². The molecule has 0 amide bonds. The summed E-state index contributed by atoms with van der Waals surface area (Å²) in [5, 5.41) is 3.68. The number of aromatic nitrogens is 2. The molecule has 0 bridgehead atoms. The van der Waals surface area contributed by atoms with Crippen molar-refractivity contribution in [3.05, 3.63) is 17.5 Å². The van der Waals surface area contributed by atoms with Crippen LogP contribution in [0.15, 0.2) is 12.4 Å². The zero-order chi connectivity index (χ0) is 13.1. The van der Waals surface area contributed by atoms with Crippen LogP contribution in [0.2, 0.25) is 5.15 Å². The van der Waals surface area contributed by atoms with E-state index in [2.05, 4.69) is 22.2 Å². The standard InChI is InChI=1S/C14H24ClN3/c1-2-3-4-5-6-7-8-9-10-17-14-12-16-11-13(15)18-14/h11-12H,2-10H2,1H3,(H,17,18). The van der Waals surface area contributed by atoms with Crippen LogP contribution in [0, 0.1) is 0 Å². The van der Waals surface area contributed by atoms with Crippen molar-refractivity contribution in [1.29, 1.82) is 0 Å². The summed E-state index contributed by atoms with van der Waals surface area (Å²) in [7, 11) is 0. The molecule has 1 aromatic heterocycles. The molecule has 0 spiro atoms. The quantitative estimate of drug-likeness (QED) is 0.627. The minimum absolute atomic E-state index is 0.441. The van der Waals surface area contributed by atoms with E-state index in [1.54, 1.807) is 12.4 Å². The van der Waals surface area contributed by atoms with Crippen LogP contribution in [0.5, 0.6) is 0 Å². The van der Waals surface area contributed by atoms with Crippen molar-refractivity contribution < 1.29 is 0 Å². The summed E-state index contributed by atoms with van der Waals surface area (Å²) < 4.78 is 0. The molecule has 4 heteroatoms. The summed E-state index contributed by atoms with van der Waals surface area (Å²) in [5.74, 6) is 0.769. The van der Waals surface area contributed by atoms with E-state index in [9.17, 15) is 0 Å². The van der Waals surface area contributed by atoms with Crippen molar-refractivity contribution in [1.82, 2.24) is 9.97 Å². The molecule has 0 aliphatic carbocycles. The highest BCUT2D eigenvalue weighted by molar-refractivity contribution is 6.29. The van der Waals surface area contributed by atoms with E-state index in [1.807, 2.05) is 0 Å². The molecule has 0 aromatic carbocycles. The molecule has 1 aromatic rings. The maximum Gasteiger partial charge on any atom is 0.149 e. The van der Waals surface area contributed by atoms with Gasteiger partial charge in [-0.1, -0.05) is 63.5 Å². The number of unbranched alkanes of at least 4 members (excludes halogenated alkanes) is 7. The minimum atomic E-state index is 0.441. The number of nitrogens with zero attached hydrogens (tertiary/aromatic N) is 2. The summed E-state index contributed by atoms with van der Waals surface area (Å²) in [4.78, 5) is 8.12. The number of halogens is 1. The first-order chi connectivity index (χ1) is 8.83. The molecule has 1 rings (SSSR count). The van der Waals surface area contributed by atoms with Crippen molar-refractivity contribution in [2.45, 2.75) is 58.3 Å². The second-order valence-corrected chi connectivity index (χ2v) is 5.02. The van der Waals surface area contributed by atoms with Crippen LogP contribution in [0.3, 0.4) is 0 Å². The topological polar surface area (TPSA) is 37.8 Å². The van der Waals surface area contributed by atoms with Crippen LogP contribution in [-0.4, -0.2) is 16.5 Å². The second kappa shape index (κ2) is 10.1. The first-order valence-corrected chi connectivity index (χ1v) is 7.42. The number of anilines is 1. The zero-order valence-electron chi connectivity index (χ0n) is 11.3. The van der Waals surface area contributed by atoms with E-state index in [1.165, 1.54) is 51.4 Å². The third-order valence-electron chi connectivity index (χ3n) is 2.94. The Morgan fingerprint density at radius 3 is 2.33 bits per heavy atom.